The van der Waals surface area contributed by atoms with E-state index in [1.807, 2.05) is 48.3 Å². The molecule has 2 fully saturated rings. The topological polar surface area (TPSA) is 117 Å². The first kappa shape index (κ1) is 28.8. The molecule has 0 spiro atoms. The molecular weight excluding hydrogens is 546 g/mol. The van der Waals surface area contributed by atoms with E-state index >= 15 is 0 Å². The highest BCUT2D eigenvalue weighted by Gasteiger charge is 2.29. The van der Waals surface area contributed by atoms with Gasteiger partial charge in [-0.1, -0.05) is 0 Å². The zero-order chi connectivity index (χ0) is 29.9. The van der Waals surface area contributed by atoms with Crippen LogP contribution in [0.5, 0.6) is 5.75 Å². The number of amides is 1. The quantitative estimate of drug-likeness (QED) is 0.346. The summed E-state index contributed by atoms with van der Waals surface area (Å²) in [5, 5.41) is 10.7. The van der Waals surface area contributed by atoms with Gasteiger partial charge in [-0.2, -0.15) is 9.97 Å². The molecule has 0 bridgehead atoms. The van der Waals surface area contributed by atoms with Gasteiger partial charge in [0.25, 0.3) is 5.91 Å². The van der Waals surface area contributed by atoms with Crippen molar-refractivity contribution in [2.24, 2.45) is 0 Å². The summed E-state index contributed by atoms with van der Waals surface area (Å²) in [4.78, 5) is 38.5. The van der Waals surface area contributed by atoms with Crippen molar-refractivity contribution in [2.45, 2.75) is 38.5 Å². The smallest absolute Gasteiger partial charge is 0.255 e. The van der Waals surface area contributed by atoms with Gasteiger partial charge in [-0.15, -0.1) is 0 Å². The third-order valence-corrected chi connectivity index (χ3v) is 8.44. The molecule has 2 saturated heterocycles. The highest BCUT2D eigenvalue weighted by Crippen LogP contribution is 2.32. The van der Waals surface area contributed by atoms with Crippen molar-refractivity contribution in [3.63, 3.8) is 0 Å². The summed E-state index contributed by atoms with van der Waals surface area (Å²) in [7, 11) is 3.62. The van der Waals surface area contributed by atoms with Crippen LogP contribution in [-0.4, -0.2) is 94.9 Å². The van der Waals surface area contributed by atoms with E-state index in [-0.39, 0.29) is 24.6 Å². The largest absolute Gasteiger partial charge is 0.496 e. The van der Waals surface area contributed by atoms with Crippen LogP contribution in [0.15, 0.2) is 54.9 Å². The summed E-state index contributed by atoms with van der Waals surface area (Å²) < 4.78 is 11.1. The summed E-state index contributed by atoms with van der Waals surface area (Å²) in [5.41, 5.74) is 3.53. The maximum atomic E-state index is 13.0. The van der Waals surface area contributed by atoms with E-state index in [0.29, 0.717) is 54.8 Å². The average Bonchev–Trinajstić information content (AvgIpc) is 3.07. The van der Waals surface area contributed by atoms with E-state index < -0.39 is 0 Å². The minimum atomic E-state index is -0.132. The first-order valence-electron chi connectivity index (χ1n) is 14.7. The summed E-state index contributed by atoms with van der Waals surface area (Å²) >= 11 is 0. The molecule has 1 atom stereocenters. The molecule has 43 heavy (non-hydrogen) atoms. The molecule has 1 amide bonds. The Kier molecular flexibility index (Phi) is 8.35. The van der Waals surface area contributed by atoms with Crippen molar-refractivity contribution < 1.29 is 19.4 Å². The lowest BCUT2D eigenvalue weighted by Crippen LogP contribution is -2.46. The number of likely N-dealkylation sites (tertiary alicyclic amines) is 1. The van der Waals surface area contributed by atoms with Crippen LogP contribution < -0.4 is 14.5 Å². The number of methoxy groups -OCH3 is 1. The van der Waals surface area contributed by atoms with Gasteiger partial charge in [0, 0.05) is 56.2 Å². The molecule has 2 aliphatic rings. The number of nitrogens with zero attached hydrogens (tertiary/aromatic N) is 7. The number of piperidine rings is 1. The number of carbonyl (C=O) groups is 1. The van der Waals surface area contributed by atoms with Gasteiger partial charge in [-0.3, -0.25) is 9.78 Å². The lowest BCUT2D eigenvalue weighted by atomic mass is 10.0. The van der Waals surface area contributed by atoms with E-state index in [1.165, 1.54) is 0 Å². The molecule has 4 aromatic rings. The molecule has 224 valence electrons. The van der Waals surface area contributed by atoms with Crippen LogP contribution in [0.3, 0.4) is 0 Å². The standard InChI is InChI=1S/C32H37N7O4/c1-21-20-43-16-15-39(21)30-26-7-8-27(22-6-9-28(42-3)24(17-22)19-40)34-29(26)35-32(36-30)37(2)25-10-13-38(14-11-25)31(41)23-5-4-12-33-18-23/h4-9,12,17-18,21,25,40H,10-11,13-16,19-20H2,1-3H3. The maximum Gasteiger partial charge on any atom is 0.255 e. The molecule has 6 rings (SSSR count). The molecule has 0 radical (unpaired) electrons. The van der Waals surface area contributed by atoms with Crippen molar-refractivity contribution >= 4 is 28.7 Å². The summed E-state index contributed by atoms with van der Waals surface area (Å²) in [5.74, 6) is 2.10. The fourth-order valence-corrected chi connectivity index (χ4v) is 5.91. The Balaban J connectivity index is 1.32. The molecule has 1 unspecified atom stereocenters. The van der Waals surface area contributed by atoms with E-state index in [0.717, 1.165) is 41.8 Å². The second-order valence-electron chi connectivity index (χ2n) is 11.1. The van der Waals surface area contributed by atoms with Crippen molar-refractivity contribution in [1.82, 2.24) is 24.8 Å². The Bertz CT molecular complexity index is 1590. The van der Waals surface area contributed by atoms with Gasteiger partial charge in [0.1, 0.15) is 11.6 Å². The number of rotatable bonds is 7. The van der Waals surface area contributed by atoms with Gasteiger partial charge in [0.05, 0.1) is 49.6 Å². The first-order valence-corrected chi connectivity index (χ1v) is 14.7. The number of hydrogen-bond donors (Lipinski definition) is 1. The molecule has 11 nitrogen and oxygen atoms in total. The predicted octanol–water partition coefficient (Wildman–Crippen LogP) is 3.55. The van der Waals surface area contributed by atoms with Crippen LogP contribution in [0.4, 0.5) is 11.8 Å². The van der Waals surface area contributed by atoms with Gasteiger partial charge in [-0.05, 0) is 62.2 Å². The Morgan fingerprint density at radius 3 is 2.67 bits per heavy atom. The molecule has 11 heteroatoms. The number of ether oxygens (including phenoxy) is 2. The van der Waals surface area contributed by atoms with Crippen LogP contribution >= 0.6 is 0 Å². The maximum absolute atomic E-state index is 13.0. The zero-order valence-electron chi connectivity index (χ0n) is 24.8. The number of benzene rings is 1. The zero-order valence-corrected chi connectivity index (χ0v) is 24.8. The van der Waals surface area contributed by atoms with E-state index in [9.17, 15) is 9.90 Å². The monoisotopic (exact) mass is 583 g/mol. The van der Waals surface area contributed by atoms with Crippen molar-refractivity contribution in [3.8, 4) is 17.0 Å². The number of anilines is 2. The Morgan fingerprint density at radius 2 is 1.95 bits per heavy atom. The summed E-state index contributed by atoms with van der Waals surface area (Å²) in [6, 6.07) is 13.6. The van der Waals surface area contributed by atoms with Crippen LogP contribution in [0, 0.1) is 0 Å². The third kappa shape index (κ3) is 5.82. The van der Waals surface area contributed by atoms with Crippen LogP contribution in [0.25, 0.3) is 22.3 Å². The Labute approximate surface area is 251 Å². The highest BCUT2D eigenvalue weighted by molar-refractivity contribution is 5.94. The summed E-state index contributed by atoms with van der Waals surface area (Å²) in [6.07, 6.45) is 4.90. The molecule has 5 heterocycles. The second-order valence-corrected chi connectivity index (χ2v) is 11.1. The van der Waals surface area contributed by atoms with Crippen molar-refractivity contribution in [3.05, 3.63) is 66.0 Å². The summed E-state index contributed by atoms with van der Waals surface area (Å²) in [6.45, 7) is 5.29. The number of aliphatic hydroxyl groups is 1. The molecule has 1 aromatic carbocycles. The minimum absolute atomic E-state index is 0.0133. The van der Waals surface area contributed by atoms with Crippen LogP contribution in [-0.2, 0) is 11.3 Å². The number of pyridine rings is 2. The minimum Gasteiger partial charge on any atom is -0.496 e. The molecular formula is C32H37N7O4. The highest BCUT2D eigenvalue weighted by atomic mass is 16.5. The second kappa shape index (κ2) is 12.5. The van der Waals surface area contributed by atoms with Gasteiger partial charge >= 0.3 is 0 Å². The fourth-order valence-electron chi connectivity index (χ4n) is 5.91. The average molecular weight is 584 g/mol. The van der Waals surface area contributed by atoms with Gasteiger partial charge in [0.15, 0.2) is 5.65 Å². The van der Waals surface area contributed by atoms with Crippen LogP contribution in [0.1, 0.15) is 35.7 Å². The number of carbonyl (C=O) groups excluding carboxylic acids is 1. The van der Waals surface area contributed by atoms with Crippen molar-refractivity contribution in [2.75, 3.05) is 56.8 Å². The number of hydrogen-bond acceptors (Lipinski definition) is 10. The Hall–Kier alpha value is -4.35. The predicted molar refractivity (Wildman–Crippen MR) is 164 cm³/mol. The van der Waals surface area contributed by atoms with E-state index in [1.54, 1.807) is 25.6 Å². The first-order chi connectivity index (χ1) is 21.0. The molecule has 0 aliphatic carbocycles. The number of aromatic nitrogens is 4. The fraction of sp³-hybridized carbons (Fsp3) is 0.406. The molecule has 0 saturated carbocycles. The van der Waals surface area contributed by atoms with Gasteiger partial charge in [0.2, 0.25) is 5.95 Å². The van der Waals surface area contributed by atoms with Gasteiger partial charge < -0.3 is 29.3 Å². The number of aliphatic hydroxyl groups excluding tert-OH is 1. The van der Waals surface area contributed by atoms with E-state index in [2.05, 4.69) is 21.7 Å². The van der Waals surface area contributed by atoms with Gasteiger partial charge in [-0.25, -0.2) is 4.98 Å². The number of morpholine rings is 1. The van der Waals surface area contributed by atoms with Crippen molar-refractivity contribution in [1.29, 1.82) is 0 Å². The molecule has 1 N–H and O–H groups in total. The third-order valence-electron chi connectivity index (χ3n) is 8.44. The van der Waals surface area contributed by atoms with E-state index in [4.69, 9.17) is 24.4 Å². The Morgan fingerprint density at radius 1 is 1.12 bits per heavy atom. The number of fused-ring (bicyclic) bond motifs is 1. The molecule has 3 aromatic heterocycles. The SMILES string of the molecule is COc1ccc(-c2ccc3c(N4CCOCC4C)nc(N(C)C4CCN(C(=O)c5cccnc5)CC4)nc3n2)cc1CO. The molecule has 2 aliphatic heterocycles. The van der Waals surface area contributed by atoms with Crippen LogP contribution in [0.2, 0.25) is 0 Å². The normalized spacial score (nSPS) is 17.7. The lowest BCUT2D eigenvalue weighted by molar-refractivity contribution is 0.0712. The lowest BCUT2D eigenvalue weighted by Gasteiger charge is -2.38.